The van der Waals surface area contributed by atoms with Crippen molar-refractivity contribution in [3.63, 3.8) is 0 Å². The molecule has 0 aliphatic carbocycles. The van der Waals surface area contributed by atoms with Crippen LogP contribution in [0, 0.1) is 0 Å². The number of carbonyl (C=O) groups excluding carboxylic acids is 3. The van der Waals surface area contributed by atoms with Crippen molar-refractivity contribution in [3.8, 4) is 0 Å². The second-order valence-corrected chi connectivity index (χ2v) is 5.96. The van der Waals surface area contributed by atoms with Gasteiger partial charge < -0.3 is 20.7 Å². The summed E-state index contributed by atoms with van der Waals surface area (Å²) in [6.45, 7) is 2.27. The van der Waals surface area contributed by atoms with E-state index in [0.29, 0.717) is 25.8 Å². The van der Waals surface area contributed by atoms with E-state index in [2.05, 4.69) is 16.0 Å². The highest BCUT2D eigenvalue weighted by molar-refractivity contribution is 5.83. The van der Waals surface area contributed by atoms with Gasteiger partial charge in [0.2, 0.25) is 5.91 Å². The maximum atomic E-state index is 12.4. The van der Waals surface area contributed by atoms with Gasteiger partial charge in [0.15, 0.2) is 0 Å². The first kappa shape index (κ1) is 19.5. The maximum absolute atomic E-state index is 12.4. The van der Waals surface area contributed by atoms with Crippen molar-refractivity contribution >= 4 is 17.9 Å². The van der Waals surface area contributed by atoms with Crippen molar-refractivity contribution in [2.24, 2.45) is 0 Å². The molecule has 0 fully saturated rings. The molecule has 0 aromatic heterocycles. The Morgan fingerprint density at radius 3 is 2.73 bits per heavy atom. The van der Waals surface area contributed by atoms with E-state index in [0.717, 1.165) is 5.56 Å². The number of cyclic esters (lactones) is 1. The molecule has 0 spiro atoms. The van der Waals surface area contributed by atoms with Crippen LogP contribution < -0.4 is 16.0 Å². The highest BCUT2D eigenvalue weighted by atomic mass is 16.5. The fourth-order valence-corrected chi connectivity index (χ4v) is 2.59. The summed E-state index contributed by atoms with van der Waals surface area (Å²) in [5.41, 5.74) is 0.856. The molecule has 2 atom stereocenters. The van der Waals surface area contributed by atoms with Crippen molar-refractivity contribution in [1.82, 2.24) is 16.0 Å². The van der Waals surface area contributed by atoms with Gasteiger partial charge in [-0.25, -0.2) is 9.59 Å². The molecule has 7 heteroatoms. The third kappa shape index (κ3) is 6.23. The second kappa shape index (κ2) is 10.2. The van der Waals surface area contributed by atoms with E-state index < -0.39 is 24.1 Å². The zero-order valence-corrected chi connectivity index (χ0v) is 14.9. The first-order chi connectivity index (χ1) is 12.6. The molecule has 1 aromatic rings. The Hall–Kier alpha value is -2.83. The third-order valence-electron chi connectivity index (χ3n) is 3.93. The van der Waals surface area contributed by atoms with Crippen molar-refractivity contribution in [1.29, 1.82) is 0 Å². The Morgan fingerprint density at radius 1 is 1.23 bits per heavy atom. The minimum Gasteiger partial charge on any atom is -0.462 e. The molecular formula is C19H25N3O4. The number of nitrogens with one attached hydrogen (secondary N) is 3. The van der Waals surface area contributed by atoms with Crippen LogP contribution in [0.2, 0.25) is 0 Å². The van der Waals surface area contributed by atoms with Crippen LogP contribution in [0.15, 0.2) is 42.5 Å². The van der Waals surface area contributed by atoms with Gasteiger partial charge >= 0.3 is 12.0 Å². The van der Waals surface area contributed by atoms with Crippen LogP contribution in [0.4, 0.5) is 4.79 Å². The molecule has 1 aromatic carbocycles. The van der Waals surface area contributed by atoms with Crippen molar-refractivity contribution in [3.05, 3.63) is 48.0 Å². The van der Waals surface area contributed by atoms with Gasteiger partial charge in [-0.3, -0.25) is 4.79 Å². The lowest BCUT2D eigenvalue weighted by Crippen LogP contribution is -2.47. The molecule has 0 unspecified atom stereocenters. The highest BCUT2D eigenvalue weighted by Crippen LogP contribution is 2.15. The topological polar surface area (TPSA) is 96.5 Å². The second-order valence-electron chi connectivity index (χ2n) is 5.96. The molecule has 1 aliphatic heterocycles. The van der Waals surface area contributed by atoms with Gasteiger partial charge in [-0.05, 0) is 25.3 Å². The average molecular weight is 359 g/mol. The van der Waals surface area contributed by atoms with Gasteiger partial charge in [0.25, 0.3) is 0 Å². The molecule has 0 saturated heterocycles. The largest absolute Gasteiger partial charge is 0.462 e. The molecule has 26 heavy (non-hydrogen) atoms. The lowest BCUT2D eigenvalue weighted by atomic mass is 10.1. The fraction of sp³-hybridized carbons (Fsp3) is 0.421. The first-order valence-corrected chi connectivity index (χ1v) is 8.80. The smallest absolute Gasteiger partial charge is 0.329 e. The van der Waals surface area contributed by atoms with Gasteiger partial charge in [-0.2, -0.15) is 0 Å². The van der Waals surface area contributed by atoms with Crippen LogP contribution >= 0.6 is 0 Å². The van der Waals surface area contributed by atoms with Crippen molar-refractivity contribution in [2.75, 3.05) is 13.2 Å². The average Bonchev–Trinajstić information content (AvgIpc) is 2.63. The monoisotopic (exact) mass is 359 g/mol. The molecule has 3 amide bonds. The van der Waals surface area contributed by atoms with Crippen LogP contribution in [-0.2, 0) is 14.3 Å². The Kier molecular flexibility index (Phi) is 7.67. The molecule has 2 rings (SSSR count). The van der Waals surface area contributed by atoms with E-state index in [-0.39, 0.29) is 12.5 Å². The number of urea groups is 1. The predicted molar refractivity (Wildman–Crippen MR) is 97.3 cm³/mol. The summed E-state index contributed by atoms with van der Waals surface area (Å²) >= 11 is 0. The molecular weight excluding hydrogens is 334 g/mol. The van der Waals surface area contributed by atoms with Gasteiger partial charge in [-0.1, -0.05) is 42.5 Å². The number of ether oxygens (including phenoxy) is 1. The summed E-state index contributed by atoms with van der Waals surface area (Å²) < 4.78 is 5.39. The van der Waals surface area contributed by atoms with Gasteiger partial charge in [0.1, 0.15) is 12.6 Å². The molecule has 1 aliphatic rings. The van der Waals surface area contributed by atoms with E-state index in [1.165, 1.54) is 0 Å². The number of amides is 3. The SMILES string of the molecule is CCNC(=O)N[C@@H]1CC=CCCC(=O)N[C@H](c2ccccc2)COC1=O. The maximum Gasteiger partial charge on any atom is 0.329 e. The summed E-state index contributed by atoms with van der Waals surface area (Å²) in [7, 11) is 0. The normalized spacial score (nSPS) is 21.6. The Balaban J connectivity index is 2.12. The zero-order valence-electron chi connectivity index (χ0n) is 14.9. The van der Waals surface area contributed by atoms with Crippen LogP contribution in [0.1, 0.15) is 37.8 Å². The first-order valence-electron chi connectivity index (χ1n) is 8.80. The number of allylic oxidation sites excluding steroid dienone is 1. The molecule has 0 radical (unpaired) electrons. The quantitative estimate of drug-likeness (QED) is 0.566. The number of benzene rings is 1. The molecule has 0 bridgehead atoms. The van der Waals surface area contributed by atoms with E-state index >= 15 is 0 Å². The van der Waals surface area contributed by atoms with E-state index in [1.807, 2.05) is 36.4 Å². The van der Waals surface area contributed by atoms with Crippen LogP contribution in [0.5, 0.6) is 0 Å². The van der Waals surface area contributed by atoms with E-state index in [1.54, 1.807) is 13.0 Å². The fourth-order valence-electron chi connectivity index (χ4n) is 2.59. The lowest BCUT2D eigenvalue weighted by Gasteiger charge is -2.22. The molecule has 3 N–H and O–H groups in total. The summed E-state index contributed by atoms with van der Waals surface area (Å²) in [5, 5.41) is 8.12. The molecule has 140 valence electrons. The third-order valence-corrected chi connectivity index (χ3v) is 3.93. The lowest BCUT2D eigenvalue weighted by molar-refractivity contribution is -0.147. The number of carbonyl (C=O) groups is 3. The number of rotatable bonds is 3. The number of hydrogen-bond acceptors (Lipinski definition) is 4. The zero-order chi connectivity index (χ0) is 18.8. The Labute approximate surface area is 153 Å². The van der Waals surface area contributed by atoms with Gasteiger partial charge in [0.05, 0.1) is 6.04 Å². The molecule has 7 nitrogen and oxygen atoms in total. The van der Waals surface area contributed by atoms with Crippen molar-refractivity contribution < 1.29 is 19.1 Å². The Morgan fingerprint density at radius 2 is 2.00 bits per heavy atom. The summed E-state index contributed by atoms with van der Waals surface area (Å²) in [4.78, 5) is 36.3. The van der Waals surface area contributed by atoms with Crippen molar-refractivity contribution in [2.45, 2.75) is 38.3 Å². The van der Waals surface area contributed by atoms with Crippen LogP contribution in [-0.4, -0.2) is 37.1 Å². The molecule has 0 saturated carbocycles. The predicted octanol–water partition coefficient (Wildman–Crippen LogP) is 1.81. The van der Waals surface area contributed by atoms with Gasteiger partial charge in [0, 0.05) is 13.0 Å². The number of esters is 1. The summed E-state index contributed by atoms with van der Waals surface area (Å²) in [6.07, 6.45) is 4.84. The Bertz CT molecular complexity index is 645. The molecule has 1 heterocycles. The minimum atomic E-state index is -0.774. The van der Waals surface area contributed by atoms with E-state index in [9.17, 15) is 14.4 Å². The van der Waals surface area contributed by atoms with E-state index in [4.69, 9.17) is 4.74 Å². The summed E-state index contributed by atoms with van der Waals surface area (Å²) in [5.74, 6) is -0.631. The number of hydrogen-bond donors (Lipinski definition) is 3. The highest BCUT2D eigenvalue weighted by Gasteiger charge is 2.24. The standard InChI is InChI=1S/C19H25N3O4/c1-2-20-19(25)22-15-11-7-4-8-12-17(23)21-16(13-26-18(15)24)14-9-5-3-6-10-14/h3-7,9-10,15-16H,2,8,11-13H2,1H3,(H,21,23)(H2,20,22,25)/t15-,16+/m1/s1. The van der Waals surface area contributed by atoms with Crippen LogP contribution in [0.25, 0.3) is 0 Å². The minimum absolute atomic E-state index is 0.00583. The summed E-state index contributed by atoms with van der Waals surface area (Å²) in [6, 6.07) is 7.73. The van der Waals surface area contributed by atoms with Gasteiger partial charge in [-0.15, -0.1) is 0 Å². The van der Waals surface area contributed by atoms with Crippen LogP contribution in [0.3, 0.4) is 0 Å².